The first-order valence-corrected chi connectivity index (χ1v) is 6.95. The van der Waals surface area contributed by atoms with E-state index in [2.05, 4.69) is 0 Å². The largest absolute Gasteiger partial charge is 0.0824 e. The van der Waals surface area contributed by atoms with E-state index in [-0.39, 0.29) is 7.52 Å². The van der Waals surface area contributed by atoms with Crippen LogP contribution in [-0.4, -0.2) is 12.5 Å². The Balaban J connectivity index is 2.99. The minimum Gasteiger partial charge on any atom is -0.0824 e. The van der Waals surface area contributed by atoms with E-state index in [0.717, 1.165) is 0 Å². The maximum Gasteiger partial charge on any atom is -0.00464 e. The molecule has 0 saturated heterocycles. The molecule has 0 aliphatic carbocycles. The summed E-state index contributed by atoms with van der Waals surface area (Å²) in [7, 11) is 3.59. The van der Waals surface area contributed by atoms with Crippen molar-refractivity contribution in [2.75, 3.05) is 12.5 Å². The third kappa shape index (κ3) is 3.46. The van der Waals surface area contributed by atoms with Crippen LogP contribution in [0.25, 0.3) is 0 Å². The lowest BCUT2D eigenvalue weighted by atomic mass is 12.0. The normalized spacial score (nSPS) is 9.83. The van der Waals surface area contributed by atoms with Gasteiger partial charge in [0, 0.05) is 0 Å². The zero-order chi connectivity index (χ0) is 4.99. The molecule has 0 aromatic rings. The van der Waals surface area contributed by atoms with Crippen LogP contribution in [0.2, 0.25) is 0 Å². The highest BCUT2D eigenvalue weighted by Crippen LogP contribution is 2.13. The molecular weight excluding hydrogens is 152 g/mol. The van der Waals surface area contributed by atoms with Crippen LogP contribution in [0.15, 0.2) is 0 Å². The van der Waals surface area contributed by atoms with Crippen LogP contribution in [0.4, 0.5) is 0 Å². The van der Waals surface area contributed by atoms with E-state index < -0.39 is 0 Å². The van der Waals surface area contributed by atoms with Crippen molar-refractivity contribution >= 4 is 40.3 Å². The molecule has 0 aromatic carbocycles. The van der Waals surface area contributed by atoms with Crippen molar-refractivity contribution in [3.05, 3.63) is 0 Å². The van der Waals surface area contributed by atoms with Crippen LogP contribution in [0, 0.1) is 0 Å². The van der Waals surface area contributed by atoms with Crippen molar-refractivity contribution in [1.29, 1.82) is 0 Å². The fraction of sp³-hybridized carbons (Fsp3) is 1.00. The van der Waals surface area contributed by atoms with E-state index in [0.29, 0.717) is 0 Å². The monoisotopic (exact) mass is 158 g/mol. The first-order valence-electron chi connectivity index (χ1n) is 1.32. The first-order chi connectivity index (χ1) is 2.81. The van der Waals surface area contributed by atoms with Gasteiger partial charge in [0.25, 0.3) is 0 Å². The highest BCUT2D eigenvalue weighted by Gasteiger charge is 1.79. The van der Waals surface area contributed by atoms with E-state index in [1.54, 1.807) is 21.6 Å². The van der Waals surface area contributed by atoms with Gasteiger partial charge in [-0.3, -0.25) is 0 Å². The Hall–Kier alpha value is 1.27. The van der Waals surface area contributed by atoms with Gasteiger partial charge in [-0.15, -0.1) is 0 Å². The fourth-order valence-corrected chi connectivity index (χ4v) is 1.84. The summed E-state index contributed by atoms with van der Waals surface area (Å²) in [4.78, 5) is 0. The lowest BCUT2D eigenvalue weighted by Gasteiger charge is -1.87. The van der Waals surface area contributed by atoms with Crippen LogP contribution < -0.4 is 0 Å². The molecule has 0 unspecified atom stereocenters. The first kappa shape index (κ1) is 7.27. The predicted octanol–water partition coefficient (Wildman–Crippen LogP) is 1.62. The molecule has 0 fully saturated rings. The van der Waals surface area contributed by atoms with Crippen LogP contribution in [-0.2, 0) is 18.7 Å². The second kappa shape index (κ2) is 4.43. The average Bonchev–Trinajstić information content (AvgIpc) is 1.65. The lowest BCUT2D eigenvalue weighted by molar-refractivity contribution is 2.54. The zero-order valence-electron chi connectivity index (χ0n) is 3.63. The molecule has 0 heterocycles. The van der Waals surface area contributed by atoms with E-state index >= 15 is 0 Å². The zero-order valence-corrected chi connectivity index (χ0v) is 6.90. The van der Waals surface area contributed by atoms with Gasteiger partial charge in [0.2, 0.25) is 0 Å². The lowest BCUT2D eigenvalue weighted by Crippen LogP contribution is -1.61. The molecule has 0 rings (SSSR count). The van der Waals surface area contributed by atoms with E-state index in [1.165, 1.54) is 0 Å². The second-order valence-corrected chi connectivity index (χ2v) is 8.51. The van der Waals surface area contributed by atoms with Gasteiger partial charge in [-0.1, -0.05) is 21.6 Å². The summed E-state index contributed by atoms with van der Waals surface area (Å²) in [5.41, 5.74) is 0. The third-order valence-corrected chi connectivity index (χ3v) is 7.35. The summed E-state index contributed by atoms with van der Waals surface area (Å²) < 4.78 is 0. The molecule has 0 aromatic heterocycles. The van der Waals surface area contributed by atoms with Gasteiger partial charge in [-0.25, -0.2) is 0 Å². The molecule has 4 heteroatoms. The van der Waals surface area contributed by atoms with Crippen LogP contribution in [0.1, 0.15) is 0 Å². The topological polar surface area (TPSA) is 0 Å². The van der Waals surface area contributed by atoms with Crippen molar-refractivity contribution in [2.24, 2.45) is 0 Å². The Morgan fingerprint density at radius 1 is 1.33 bits per heavy atom. The predicted molar refractivity (Wildman–Crippen MR) is 41.8 cm³/mol. The molecule has 0 aliphatic rings. The molecule has 0 aliphatic heterocycles. The van der Waals surface area contributed by atoms with E-state index in [1.807, 2.05) is 12.5 Å². The molecular formula is C2H6S4. The molecule has 0 spiro atoms. The quantitative estimate of drug-likeness (QED) is 0.561. The molecule has 0 radical (unpaired) electrons. The van der Waals surface area contributed by atoms with Gasteiger partial charge in [-0.05, 0) is 31.2 Å². The Morgan fingerprint density at radius 3 is 1.67 bits per heavy atom. The minimum absolute atomic E-state index is 0.133. The van der Waals surface area contributed by atoms with Crippen LogP contribution in [0.3, 0.4) is 0 Å². The fourth-order valence-electron chi connectivity index (χ4n) is 0.0680. The maximum atomic E-state index is 4.89. The molecule has 6 heavy (non-hydrogen) atoms. The van der Waals surface area contributed by atoms with Gasteiger partial charge in [0.05, 0.1) is 0 Å². The molecule has 0 saturated carbocycles. The summed E-state index contributed by atoms with van der Waals surface area (Å²) in [6, 6.07) is 0. The van der Waals surface area contributed by atoms with Crippen LogP contribution >= 0.6 is 21.6 Å². The van der Waals surface area contributed by atoms with Crippen molar-refractivity contribution < 1.29 is 0 Å². The number of rotatable bonds is 2. The Kier molecular flexibility index (Phi) is 5.37. The van der Waals surface area contributed by atoms with Crippen molar-refractivity contribution in [1.82, 2.24) is 0 Å². The van der Waals surface area contributed by atoms with Crippen LogP contribution in [0.5, 0.6) is 0 Å². The number of hydrogen-bond acceptors (Lipinski definition) is 3. The second-order valence-electron chi connectivity index (χ2n) is 0.537. The average molecular weight is 158 g/mol. The molecule has 0 bridgehead atoms. The summed E-state index contributed by atoms with van der Waals surface area (Å²) in [6.07, 6.45) is 4.07. The molecule has 0 nitrogen and oxygen atoms in total. The minimum atomic E-state index is 0.133. The molecule has 0 N–H and O–H groups in total. The highest BCUT2D eigenvalue weighted by molar-refractivity contribution is 9.12. The Labute approximate surface area is 52.9 Å². The SMILES string of the molecule is CSS(=S)SC. The van der Waals surface area contributed by atoms with Crippen molar-refractivity contribution in [3.63, 3.8) is 0 Å². The standard InChI is InChI=1S/C2H6S4/c1-4-6(3)5-2/h1-2H3. The van der Waals surface area contributed by atoms with Gasteiger partial charge >= 0.3 is 0 Å². The summed E-state index contributed by atoms with van der Waals surface area (Å²) >= 11 is 4.89. The highest BCUT2D eigenvalue weighted by atomic mass is 33.7. The Morgan fingerprint density at radius 2 is 1.67 bits per heavy atom. The molecule has 0 amide bonds. The van der Waals surface area contributed by atoms with E-state index in [9.17, 15) is 0 Å². The third-order valence-electron chi connectivity index (χ3n) is 0.272. The van der Waals surface area contributed by atoms with Gasteiger partial charge in [0.1, 0.15) is 0 Å². The number of hydrogen-bond donors (Lipinski definition) is 0. The van der Waals surface area contributed by atoms with Crippen molar-refractivity contribution in [2.45, 2.75) is 0 Å². The summed E-state index contributed by atoms with van der Waals surface area (Å²) in [5, 5.41) is 0. The smallest absolute Gasteiger partial charge is 0.00464 e. The van der Waals surface area contributed by atoms with Gasteiger partial charge < -0.3 is 0 Å². The summed E-state index contributed by atoms with van der Waals surface area (Å²) in [6.45, 7) is 0. The maximum absolute atomic E-state index is 4.89. The van der Waals surface area contributed by atoms with E-state index in [4.69, 9.17) is 11.2 Å². The van der Waals surface area contributed by atoms with Gasteiger partial charge in [0.15, 0.2) is 0 Å². The molecule has 0 atom stereocenters. The molecule has 38 valence electrons. The summed E-state index contributed by atoms with van der Waals surface area (Å²) in [5.74, 6) is 0. The van der Waals surface area contributed by atoms with Crippen molar-refractivity contribution in [3.8, 4) is 0 Å². The van der Waals surface area contributed by atoms with Gasteiger partial charge in [-0.2, -0.15) is 0 Å². The Bertz CT molecular complexity index is 43.5.